The Balaban J connectivity index is 1.66. The summed E-state index contributed by atoms with van der Waals surface area (Å²) in [4.78, 5) is 14.8. The zero-order valence-electron chi connectivity index (χ0n) is 15.3. The number of fused-ring (bicyclic) bond motifs is 1. The van der Waals surface area contributed by atoms with Crippen molar-refractivity contribution in [3.63, 3.8) is 0 Å². The van der Waals surface area contributed by atoms with Gasteiger partial charge in [0.1, 0.15) is 0 Å². The van der Waals surface area contributed by atoms with E-state index in [1.807, 2.05) is 38.1 Å². The molecule has 0 radical (unpaired) electrons. The molecule has 2 aromatic rings. The quantitative estimate of drug-likeness (QED) is 0.823. The lowest BCUT2D eigenvalue weighted by Crippen LogP contribution is -2.46. The number of aryl methyl sites for hydroxylation is 1. The number of piperidine rings is 1. The van der Waals surface area contributed by atoms with Crippen molar-refractivity contribution < 1.29 is 8.42 Å². The fourth-order valence-electron chi connectivity index (χ4n) is 3.46. The summed E-state index contributed by atoms with van der Waals surface area (Å²) in [6.45, 7) is 5.67. The molecule has 1 aliphatic heterocycles. The van der Waals surface area contributed by atoms with Crippen LogP contribution in [0, 0.1) is 6.92 Å². The van der Waals surface area contributed by atoms with Gasteiger partial charge in [-0.15, -0.1) is 0 Å². The number of hydrogen-bond donors (Lipinski definition) is 1. The van der Waals surface area contributed by atoms with E-state index in [4.69, 9.17) is 0 Å². The molecule has 1 N–H and O–H groups in total. The highest BCUT2D eigenvalue weighted by Gasteiger charge is 2.23. The van der Waals surface area contributed by atoms with Crippen molar-refractivity contribution in [3.05, 3.63) is 40.3 Å². The van der Waals surface area contributed by atoms with Crippen LogP contribution in [-0.2, 0) is 16.7 Å². The van der Waals surface area contributed by atoms with E-state index < -0.39 is 10.0 Å². The van der Waals surface area contributed by atoms with Crippen molar-refractivity contribution in [2.24, 2.45) is 0 Å². The lowest BCUT2D eigenvalue weighted by Gasteiger charge is -2.32. The van der Waals surface area contributed by atoms with E-state index in [0.717, 1.165) is 37.0 Å². The van der Waals surface area contributed by atoms with Crippen LogP contribution in [0.15, 0.2) is 29.1 Å². The smallest absolute Gasteiger partial charge is 0.275 e. The Labute approximate surface area is 154 Å². The third kappa shape index (κ3) is 4.31. The summed E-state index contributed by atoms with van der Waals surface area (Å²) in [6.07, 6.45) is 2.10. The zero-order valence-corrected chi connectivity index (χ0v) is 16.1. The van der Waals surface area contributed by atoms with Gasteiger partial charge in [-0.05, 0) is 32.3 Å². The number of likely N-dealkylation sites (tertiary alicyclic amines) is 1. The summed E-state index contributed by atoms with van der Waals surface area (Å²) in [5.41, 5.74) is 0.749. The molecule has 7 nitrogen and oxygen atoms in total. The summed E-state index contributed by atoms with van der Waals surface area (Å²) >= 11 is 0. The molecule has 1 aromatic heterocycles. The number of sulfonamides is 1. The van der Waals surface area contributed by atoms with Crippen molar-refractivity contribution in [2.75, 3.05) is 18.8 Å². The largest absolute Gasteiger partial charge is 0.284 e. The SMILES string of the molecule is CCCS(=O)(=O)NC1CCN(Cn2nc(C)c3ccccc3c2=O)CC1. The third-order valence-electron chi connectivity index (χ3n) is 4.79. The van der Waals surface area contributed by atoms with Crippen molar-refractivity contribution in [3.8, 4) is 0 Å². The molecule has 0 bridgehead atoms. The number of hydrogen-bond acceptors (Lipinski definition) is 5. The predicted molar refractivity (Wildman–Crippen MR) is 103 cm³/mol. The molecular formula is C18H26N4O3S. The number of benzene rings is 1. The Morgan fingerprint density at radius 1 is 1.19 bits per heavy atom. The summed E-state index contributed by atoms with van der Waals surface area (Å²) in [5, 5.41) is 6.02. The average molecular weight is 378 g/mol. The van der Waals surface area contributed by atoms with E-state index in [2.05, 4.69) is 14.7 Å². The van der Waals surface area contributed by atoms with Crippen LogP contribution >= 0.6 is 0 Å². The fraction of sp³-hybridized carbons (Fsp3) is 0.556. The van der Waals surface area contributed by atoms with Crippen LogP contribution in [0.4, 0.5) is 0 Å². The highest BCUT2D eigenvalue weighted by atomic mass is 32.2. The summed E-state index contributed by atoms with van der Waals surface area (Å²) in [7, 11) is -3.18. The highest BCUT2D eigenvalue weighted by molar-refractivity contribution is 7.89. The van der Waals surface area contributed by atoms with Crippen molar-refractivity contribution in [1.29, 1.82) is 0 Å². The van der Waals surface area contributed by atoms with Crippen molar-refractivity contribution in [2.45, 2.75) is 45.8 Å². The van der Waals surface area contributed by atoms with Gasteiger partial charge in [-0.25, -0.2) is 17.8 Å². The molecule has 2 heterocycles. The summed E-state index contributed by atoms with van der Waals surface area (Å²) < 4.78 is 28.1. The maximum Gasteiger partial charge on any atom is 0.275 e. The molecule has 0 spiro atoms. The molecule has 3 rings (SSSR count). The Hall–Kier alpha value is -1.77. The molecule has 1 aromatic carbocycles. The third-order valence-corrected chi connectivity index (χ3v) is 6.43. The van der Waals surface area contributed by atoms with Crippen molar-refractivity contribution in [1.82, 2.24) is 19.4 Å². The van der Waals surface area contributed by atoms with Gasteiger partial charge in [-0.1, -0.05) is 25.1 Å². The van der Waals surface area contributed by atoms with Crippen LogP contribution in [0.5, 0.6) is 0 Å². The van der Waals surface area contributed by atoms with E-state index in [1.54, 1.807) is 0 Å². The van der Waals surface area contributed by atoms with Gasteiger partial charge in [0.25, 0.3) is 5.56 Å². The van der Waals surface area contributed by atoms with Gasteiger partial charge in [0.05, 0.1) is 23.5 Å². The second kappa shape index (κ2) is 7.85. The van der Waals surface area contributed by atoms with Crippen LogP contribution in [0.25, 0.3) is 10.8 Å². The van der Waals surface area contributed by atoms with Gasteiger partial charge in [0.15, 0.2) is 0 Å². The van der Waals surface area contributed by atoms with Gasteiger partial charge in [-0.3, -0.25) is 9.69 Å². The standard InChI is InChI=1S/C18H26N4O3S/c1-3-12-26(24,25)20-15-8-10-21(11-9-15)13-22-18(23)17-7-5-4-6-16(17)14(2)19-22/h4-7,15,20H,3,8-13H2,1-2H3. The van der Waals surface area contributed by atoms with Crippen LogP contribution < -0.4 is 10.3 Å². The fourth-order valence-corrected chi connectivity index (χ4v) is 4.86. The summed E-state index contributed by atoms with van der Waals surface area (Å²) in [6, 6.07) is 7.49. The van der Waals surface area contributed by atoms with Gasteiger partial charge < -0.3 is 0 Å². The highest BCUT2D eigenvalue weighted by Crippen LogP contribution is 2.14. The van der Waals surface area contributed by atoms with Crippen molar-refractivity contribution >= 4 is 20.8 Å². The second-order valence-corrected chi connectivity index (χ2v) is 8.78. The minimum absolute atomic E-state index is 0.0224. The minimum Gasteiger partial charge on any atom is -0.284 e. The molecule has 0 amide bonds. The normalized spacial score (nSPS) is 17.0. The van der Waals surface area contributed by atoms with E-state index in [1.165, 1.54) is 4.68 Å². The number of aromatic nitrogens is 2. The van der Waals surface area contributed by atoms with Gasteiger partial charge in [0, 0.05) is 24.5 Å². The first-order valence-electron chi connectivity index (χ1n) is 9.08. The molecule has 26 heavy (non-hydrogen) atoms. The van der Waals surface area contributed by atoms with Crippen LogP contribution in [0.2, 0.25) is 0 Å². The maximum atomic E-state index is 12.7. The Morgan fingerprint density at radius 2 is 1.85 bits per heavy atom. The lowest BCUT2D eigenvalue weighted by molar-refractivity contribution is 0.155. The monoisotopic (exact) mass is 378 g/mol. The Bertz CT molecular complexity index is 931. The topological polar surface area (TPSA) is 84.3 Å². The van der Waals surface area contributed by atoms with Crippen LogP contribution in [-0.4, -0.2) is 48.0 Å². The molecule has 1 fully saturated rings. The first-order valence-corrected chi connectivity index (χ1v) is 10.7. The number of rotatable bonds is 6. The molecule has 1 saturated heterocycles. The molecule has 0 unspecified atom stereocenters. The molecule has 0 atom stereocenters. The zero-order chi connectivity index (χ0) is 18.7. The molecule has 142 valence electrons. The molecule has 0 saturated carbocycles. The predicted octanol–water partition coefficient (Wildman–Crippen LogP) is 1.46. The lowest BCUT2D eigenvalue weighted by atomic mass is 10.1. The van der Waals surface area contributed by atoms with E-state index in [-0.39, 0.29) is 17.4 Å². The number of nitrogens with zero attached hydrogens (tertiary/aromatic N) is 3. The van der Waals surface area contributed by atoms with Crippen LogP contribution in [0.1, 0.15) is 31.9 Å². The first-order chi connectivity index (χ1) is 12.4. The van der Waals surface area contributed by atoms with E-state index >= 15 is 0 Å². The molecule has 1 aliphatic rings. The van der Waals surface area contributed by atoms with E-state index in [0.29, 0.717) is 18.5 Å². The molecule has 8 heteroatoms. The Morgan fingerprint density at radius 3 is 2.50 bits per heavy atom. The van der Waals surface area contributed by atoms with E-state index in [9.17, 15) is 13.2 Å². The summed E-state index contributed by atoms with van der Waals surface area (Å²) in [5.74, 6) is 0.170. The maximum absolute atomic E-state index is 12.7. The van der Waals surface area contributed by atoms with Crippen LogP contribution in [0.3, 0.4) is 0 Å². The molecular weight excluding hydrogens is 352 g/mol. The number of nitrogens with one attached hydrogen (secondary N) is 1. The van der Waals surface area contributed by atoms with Gasteiger partial charge in [-0.2, -0.15) is 5.10 Å². The average Bonchev–Trinajstić information content (AvgIpc) is 2.61. The Kier molecular flexibility index (Phi) is 5.74. The first kappa shape index (κ1) is 19.0. The van der Waals surface area contributed by atoms with Gasteiger partial charge >= 0.3 is 0 Å². The second-order valence-electron chi connectivity index (χ2n) is 6.91. The molecule has 0 aliphatic carbocycles. The van der Waals surface area contributed by atoms with Gasteiger partial charge in [0.2, 0.25) is 10.0 Å². The minimum atomic E-state index is -3.18.